The van der Waals surface area contributed by atoms with Crippen LogP contribution in [0.15, 0.2) is 40.9 Å². The van der Waals surface area contributed by atoms with Crippen LogP contribution in [-0.4, -0.2) is 0 Å². The quantitative estimate of drug-likeness (QED) is 0.696. The van der Waals surface area contributed by atoms with Crippen molar-refractivity contribution in [2.75, 3.05) is 0 Å². The van der Waals surface area contributed by atoms with E-state index in [1.807, 2.05) is 0 Å². The highest BCUT2D eigenvalue weighted by molar-refractivity contribution is 9.10. The van der Waals surface area contributed by atoms with Crippen molar-refractivity contribution < 1.29 is 13.5 Å². The Bertz CT molecular complexity index is 555. The Morgan fingerprint density at radius 1 is 1.17 bits per heavy atom. The molecule has 0 aromatic heterocycles. The van der Waals surface area contributed by atoms with Gasteiger partial charge in [0.15, 0.2) is 11.6 Å². The summed E-state index contributed by atoms with van der Waals surface area (Å²) in [5.74, 6) is -0.663. The van der Waals surface area contributed by atoms with Crippen LogP contribution in [0.3, 0.4) is 0 Å². The van der Waals surface area contributed by atoms with Crippen molar-refractivity contribution in [2.24, 2.45) is 0 Å². The molecule has 0 fully saturated rings. The number of halogens is 4. The number of para-hydroxylation sites is 1. The lowest BCUT2D eigenvalue weighted by molar-refractivity contribution is 0.434. The van der Waals surface area contributed by atoms with Gasteiger partial charge in [-0.3, -0.25) is 0 Å². The summed E-state index contributed by atoms with van der Waals surface area (Å²) in [6, 6.07) is 8.47. The Kier molecular flexibility index (Phi) is 4.19. The van der Waals surface area contributed by atoms with E-state index in [0.29, 0.717) is 10.0 Å². The maximum absolute atomic E-state index is 13.6. The fourth-order valence-electron chi connectivity index (χ4n) is 1.48. The molecule has 2 rings (SSSR count). The monoisotopic (exact) mass is 332 g/mol. The van der Waals surface area contributed by atoms with E-state index in [-0.39, 0.29) is 17.4 Å². The predicted molar refractivity (Wildman–Crippen MR) is 70.1 cm³/mol. The molecule has 2 aromatic carbocycles. The molecule has 0 aliphatic heterocycles. The minimum atomic E-state index is -0.534. The molecule has 1 nitrogen and oxygen atoms in total. The number of hydrogen-bond acceptors (Lipinski definition) is 1. The minimum absolute atomic E-state index is 0.0185. The zero-order chi connectivity index (χ0) is 13.1. The smallest absolute Gasteiger partial charge is 0.167 e. The van der Waals surface area contributed by atoms with Crippen molar-refractivity contribution in [3.8, 4) is 11.5 Å². The van der Waals surface area contributed by atoms with Crippen LogP contribution >= 0.6 is 27.5 Å². The zero-order valence-electron chi connectivity index (χ0n) is 9.09. The van der Waals surface area contributed by atoms with Crippen molar-refractivity contribution in [1.82, 2.24) is 0 Å². The number of rotatable bonds is 3. The molecule has 18 heavy (non-hydrogen) atoms. The van der Waals surface area contributed by atoms with Gasteiger partial charge in [0.05, 0.1) is 5.88 Å². The van der Waals surface area contributed by atoms with E-state index >= 15 is 0 Å². The lowest BCUT2D eigenvalue weighted by Gasteiger charge is -2.10. The van der Waals surface area contributed by atoms with E-state index in [0.717, 1.165) is 0 Å². The second-order valence-corrected chi connectivity index (χ2v) is 4.75. The van der Waals surface area contributed by atoms with Gasteiger partial charge in [-0.05, 0) is 18.2 Å². The molecule has 2 aromatic rings. The Balaban J connectivity index is 2.39. The normalized spacial score (nSPS) is 10.4. The molecule has 0 aliphatic carbocycles. The van der Waals surface area contributed by atoms with Gasteiger partial charge in [0.2, 0.25) is 0 Å². The van der Waals surface area contributed by atoms with Gasteiger partial charge in [0.1, 0.15) is 11.6 Å². The molecule has 0 atom stereocenters. The average molecular weight is 334 g/mol. The molecular formula is C13H8BrClF2O. The molecule has 0 aliphatic rings. The average Bonchev–Trinajstić information content (AvgIpc) is 2.30. The van der Waals surface area contributed by atoms with Crippen molar-refractivity contribution in [3.05, 3.63) is 58.1 Å². The first-order valence-electron chi connectivity index (χ1n) is 5.07. The highest BCUT2D eigenvalue weighted by Gasteiger charge is 2.11. The third kappa shape index (κ3) is 3.00. The van der Waals surface area contributed by atoms with Crippen LogP contribution in [0.1, 0.15) is 5.56 Å². The molecule has 0 radical (unpaired) electrons. The third-order valence-electron chi connectivity index (χ3n) is 2.25. The Hall–Kier alpha value is -1.13. The molecule has 0 spiro atoms. The first-order chi connectivity index (χ1) is 8.60. The summed E-state index contributed by atoms with van der Waals surface area (Å²) in [6.45, 7) is 0. The van der Waals surface area contributed by atoms with Crippen LogP contribution in [0.2, 0.25) is 0 Å². The maximum atomic E-state index is 13.6. The lowest BCUT2D eigenvalue weighted by Crippen LogP contribution is -1.94. The molecular weight excluding hydrogens is 325 g/mol. The van der Waals surface area contributed by atoms with E-state index in [4.69, 9.17) is 16.3 Å². The Morgan fingerprint density at radius 3 is 2.61 bits per heavy atom. The second-order valence-electron chi connectivity index (χ2n) is 3.57. The van der Waals surface area contributed by atoms with Crippen LogP contribution in [0.4, 0.5) is 8.78 Å². The first-order valence-corrected chi connectivity index (χ1v) is 6.40. The van der Waals surface area contributed by atoms with Gasteiger partial charge in [-0.2, -0.15) is 0 Å². The van der Waals surface area contributed by atoms with Crippen LogP contribution in [0.25, 0.3) is 0 Å². The number of ether oxygens (including phenoxy) is 1. The van der Waals surface area contributed by atoms with Crippen LogP contribution in [-0.2, 0) is 5.88 Å². The predicted octanol–water partition coefficient (Wildman–Crippen LogP) is 5.26. The highest BCUT2D eigenvalue weighted by atomic mass is 79.9. The van der Waals surface area contributed by atoms with E-state index in [2.05, 4.69) is 15.9 Å². The fourth-order valence-corrected chi connectivity index (χ4v) is 2.13. The van der Waals surface area contributed by atoms with Gasteiger partial charge in [0.25, 0.3) is 0 Å². The van der Waals surface area contributed by atoms with E-state index < -0.39 is 11.6 Å². The standard InChI is InChI=1S/C13H8BrClF2O/c14-9-4-10(16)6-11(5-9)18-13-8(7-15)2-1-3-12(13)17/h1-6H,7H2. The summed E-state index contributed by atoms with van der Waals surface area (Å²) in [7, 11) is 0. The van der Waals surface area contributed by atoms with Gasteiger partial charge in [-0.15, -0.1) is 11.6 Å². The summed E-state index contributed by atoms with van der Waals surface area (Å²) >= 11 is 8.84. The van der Waals surface area contributed by atoms with Crippen molar-refractivity contribution >= 4 is 27.5 Å². The fraction of sp³-hybridized carbons (Fsp3) is 0.0769. The summed E-state index contributed by atoms with van der Waals surface area (Å²) < 4.78 is 32.7. The molecule has 5 heteroatoms. The van der Waals surface area contributed by atoms with E-state index in [1.165, 1.54) is 18.2 Å². The van der Waals surface area contributed by atoms with Gasteiger partial charge in [-0.1, -0.05) is 28.1 Å². The highest BCUT2D eigenvalue weighted by Crippen LogP contribution is 2.31. The number of alkyl halides is 1. The molecule has 0 saturated carbocycles. The van der Waals surface area contributed by atoms with Crippen molar-refractivity contribution in [2.45, 2.75) is 5.88 Å². The molecule has 0 unspecified atom stereocenters. The molecule has 0 amide bonds. The summed E-state index contributed by atoms with van der Waals surface area (Å²) in [6.07, 6.45) is 0. The first kappa shape index (κ1) is 13.3. The summed E-state index contributed by atoms with van der Waals surface area (Å²) in [5, 5.41) is 0. The summed E-state index contributed by atoms with van der Waals surface area (Å²) in [5.41, 5.74) is 0.511. The van der Waals surface area contributed by atoms with E-state index in [9.17, 15) is 8.78 Å². The number of hydrogen-bond donors (Lipinski definition) is 0. The van der Waals surface area contributed by atoms with Crippen LogP contribution in [0, 0.1) is 11.6 Å². The minimum Gasteiger partial charge on any atom is -0.454 e. The van der Waals surface area contributed by atoms with Crippen LogP contribution in [0.5, 0.6) is 11.5 Å². The molecule has 0 heterocycles. The van der Waals surface area contributed by atoms with Gasteiger partial charge in [-0.25, -0.2) is 8.78 Å². The van der Waals surface area contributed by atoms with Crippen molar-refractivity contribution in [3.63, 3.8) is 0 Å². The molecule has 94 valence electrons. The Labute approximate surface area is 116 Å². The SMILES string of the molecule is Fc1cc(Br)cc(Oc2c(F)cccc2CCl)c1. The Morgan fingerprint density at radius 2 is 1.94 bits per heavy atom. The van der Waals surface area contributed by atoms with Crippen molar-refractivity contribution in [1.29, 1.82) is 0 Å². The largest absolute Gasteiger partial charge is 0.454 e. The third-order valence-corrected chi connectivity index (χ3v) is 2.99. The number of benzene rings is 2. The molecule has 0 bridgehead atoms. The lowest BCUT2D eigenvalue weighted by atomic mass is 10.2. The van der Waals surface area contributed by atoms with Gasteiger partial charge < -0.3 is 4.74 Å². The zero-order valence-corrected chi connectivity index (χ0v) is 11.4. The van der Waals surface area contributed by atoms with Gasteiger partial charge in [0, 0.05) is 16.1 Å². The van der Waals surface area contributed by atoms with E-state index in [1.54, 1.807) is 18.2 Å². The van der Waals surface area contributed by atoms with Gasteiger partial charge >= 0.3 is 0 Å². The second kappa shape index (κ2) is 5.67. The topological polar surface area (TPSA) is 9.23 Å². The summed E-state index contributed by atoms with van der Waals surface area (Å²) in [4.78, 5) is 0. The molecule has 0 saturated heterocycles. The molecule has 0 N–H and O–H groups in total. The van der Waals surface area contributed by atoms with Crippen LogP contribution < -0.4 is 4.74 Å². The maximum Gasteiger partial charge on any atom is 0.167 e.